The van der Waals surface area contributed by atoms with Crippen LogP contribution in [0.15, 0.2) is 0 Å². The molecular formula is C9H18O. The molecule has 0 bridgehead atoms. The molecular weight excluding hydrogens is 124 g/mol. The highest BCUT2D eigenvalue weighted by Gasteiger charge is 2.32. The SMILES string of the molecule is CC(C)C(C)(C)CC1CO1. The Hall–Kier alpha value is -0.0400. The zero-order chi connectivity index (χ0) is 7.78. The van der Waals surface area contributed by atoms with Gasteiger partial charge in [-0.2, -0.15) is 0 Å². The molecule has 1 heterocycles. The lowest BCUT2D eigenvalue weighted by atomic mass is 9.77. The molecule has 1 atom stereocenters. The van der Waals surface area contributed by atoms with Crippen molar-refractivity contribution in [3.05, 3.63) is 0 Å². The van der Waals surface area contributed by atoms with Crippen molar-refractivity contribution in [3.63, 3.8) is 0 Å². The first-order valence-electron chi connectivity index (χ1n) is 4.14. The van der Waals surface area contributed by atoms with E-state index in [1.165, 1.54) is 6.42 Å². The maximum absolute atomic E-state index is 5.19. The van der Waals surface area contributed by atoms with Crippen molar-refractivity contribution in [2.75, 3.05) is 6.61 Å². The third-order valence-electron chi connectivity index (χ3n) is 2.72. The summed E-state index contributed by atoms with van der Waals surface area (Å²) in [5.74, 6) is 0.761. The molecule has 0 aromatic carbocycles. The van der Waals surface area contributed by atoms with E-state index in [2.05, 4.69) is 27.7 Å². The van der Waals surface area contributed by atoms with Crippen molar-refractivity contribution in [2.45, 2.75) is 40.2 Å². The molecule has 0 spiro atoms. The zero-order valence-corrected chi connectivity index (χ0v) is 7.48. The van der Waals surface area contributed by atoms with Crippen LogP contribution in [0.1, 0.15) is 34.1 Å². The van der Waals surface area contributed by atoms with Crippen molar-refractivity contribution < 1.29 is 4.74 Å². The van der Waals surface area contributed by atoms with Crippen LogP contribution < -0.4 is 0 Å². The van der Waals surface area contributed by atoms with Crippen LogP contribution in [0.5, 0.6) is 0 Å². The van der Waals surface area contributed by atoms with Gasteiger partial charge in [-0.05, 0) is 17.8 Å². The number of ether oxygens (including phenoxy) is 1. The van der Waals surface area contributed by atoms with Gasteiger partial charge in [-0.15, -0.1) is 0 Å². The largest absolute Gasteiger partial charge is 0.373 e. The standard InChI is InChI=1S/C9H18O/c1-7(2)9(3,4)5-8-6-10-8/h7-8H,5-6H2,1-4H3. The van der Waals surface area contributed by atoms with Crippen molar-refractivity contribution in [1.82, 2.24) is 0 Å². The van der Waals surface area contributed by atoms with Crippen LogP contribution in [0.3, 0.4) is 0 Å². The summed E-state index contributed by atoms with van der Waals surface area (Å²) in [6, 6.07) is 0. The number of rotatable bonds is 3. The molecule has 0 saturated carbocycles. The van der Waals surface area contributed by atoms with Gasteiger partial charge in [-0.25, -0.2) is 0 Å². The minimum absolute atomic E-state index is 0.459. The van der Waals surface area contributed by atoms with Gasteiger partial charge in [0, 0.05) is 0 Å². The van der Waals surface area contributed by atoms with Crippen LogP contribution in [-0.2, 0) is 4.74 Å². The second-order valence-electron chi connectivity index (χ2n) is 4.30. The molecule has 1 unspecified atom stereocenters. The number of hydrogen-bond acceptors (Lipinski definition) is 1. The molecule has 1 aliphatic rings. The molecule has 0 aliphatic carbocycles. The zero-order valence-electron chi connectivity index (χ0n) is 7.48. The average Bonchev–Trinajstić information content (AvgIpc) is 2.48. The predicted molar refractivity (Wildman–Crippen MR) is 43.0 cm³/mol. The van der Waals surface area contributed by atoms with Gasteiger partial charge in [-0.1, -0.05) is 27.7 Å². The molecule has 1 saturated heterocycles. The monoisotopic (exact) mass is 142 g/mol. The van der Waals surface area contributed by atoms with E-state index in [4.69, 9.17) is 4.74 Å². The van der Waals surface area contributed by atoms with Crippen LogP contribution in [0, 0.1) is 11.3 Å². The Balaban J connectivity index is 2.33. The van der Waals surface area contributed by atoms with E-state index in [-0.39, 0.29) is 0 Å². The van der Waals surface area contributed by atoms with Crippen LogP contribution in [-0.4, -0.2) is 12.7 Å². The Bertz CT molecular complexity index is 112. The Labute approximate surface area is 63.8 Å². The molecule has 0 aromatic rings. The fourth-order valence-corrected chi connectivity index (χ4v) is 1.01. The van der Waals surface area contributed by atoms with Crippen molar-refractivity contribution in [2.24, 2.45) is 11.3 Å². The predicted octanol–water partition coefficient (Wildman–Crippen LogP) is 2.46. The third kappa shape index (κ3) is 1.98. The summed E-state index contributed by atoms with van der Waals surface area (Å²) >= 11 is 0. The van der Waals surface area contributed by atoms with Gasteiger partial charge in [0.1, 0.15) is 0 Å². The van der Waals surface area contributed by atoms with Crippen molar-refractivity contribution in [1.29, 1.82) is 0 Å². The summed E-state index contributed by atoms with van der Waals surface area (Å²) < 4.78 is 5.19. The molecule has 1 heteroatoms. The molecule has 1 rings (SSSR count). The maximum Gasteiger partial charge on any atom is 0.0815 e. The second kappa shape index (κ2) is 2.54. The van der Waals surface area contributed by atoms with E-state index >= 15 is 0 Å². The lowest BCUT2D eigenvalue weighted by Crippen LogP contribution is -2.21. The van der Waals surface area contributed by atoms with Crippen LogP contribution in [0.25, 0.3) is 0 Å². The molecule has 1 aliphatic heterocycles. The molecule has 10 heavy (non-hydrogen) atoms. The Morgan fingerprint density at radius 2 is 2.00 bits per heavy atom. The smallest absolute Gasteiger partial charge is 0.0815 e. The summed E-state index contributed by atoms with van der Waals surface area (Å²) in [4.78, 5) is 0. The minimum atomic E-state index is 0.459. The lowest BCUT2D eigenvalue weighted by molar-refractivity contribution is 0.201. The molecule has 0 aromatic heterocycles. The lowest BCUT2D eigenvalue weighted by Gasteiger charge is -2.28. The van der Waals surface area contributed by atoms with E-state index in [0.717, 1.165) is 12.5 Å². The average molecular weight is 142 g/mol. The van der Waals surface area contributed by atoms with Gasteiger partial charge < -0.3 is 4.74 Å². The van der Waals surface area contributed by atoms with Crippen molar-refractivity contribution >= 4 is 0 Å². The van der Waals surface area contributed by atoms with E-state index in [1.54, 1.807) is 0 Å². The van der Waals surface area contributed by atoms with Gasteiger partial charge in [0.15, 0.2) is 0 Å². The summed E-state index contributed by atoms with van der Waals surface area (Å²) in [5.41, 5.74) is 0.459. The number of hydrogen-bond donors (Lipinski definition) is 0. The quantitative estimate of drug-likeness (QED) is 0.551. The second-order valence-corrected chi connectivity index (χ2v) is 4.30. The fraction of sp³-hybridized carbons (Fsp3) is 1.00. The van der Waals surface area contributed by atoms with E-state index in [0.29, 0.717) is 11.5 Å². The molecule has 1 fully saturated rings. The minimum Gasteiger partial charge on any atom is -0.373 e. The fourth-order valence-electron chi connectivity index (χ4n) is 1.01. The third-order valence-corrected chi connectivity index (χ3v) is 2.72. The topological polar surface area (TPSA) is 12.5 Å². The van der Waals surface area contributed by atoms with Crippen LogP contribution >= 0.6 is 0 Å². The highest BCUT2D eigenvalue weighted by atomic mass is 16.6. The van der Waals surface area contributed by atoms with E-state index in [1.807, 2.05) is 0 Å². The Kier molecular flexibility index (Phi) is 2.04. The summed E-state index contributed by atoms with van der Waals surface area (Å²) in [7, 11) is 0. The van der Waals surface area contributed by atoms with Crippen LogP contribution in [0.2, 0.25) is 0 Å². The van der Waals surface area contributed by atoms with Gasteiger partial charge in [0.2, 0.25) is 0 Å². The molecule has 60 valence electrons. The first-order valence-corrected chi connectivity index (χ1v) is 4.14. The van der Waals surface area contributed by atoms with Gasteiger partial charge in [0.25, 0.3) is 0 Å². The van der Waals surface area contributed by atoms with Crippen LogP contribution in [0.4, 0.5) is 0 Å². The van der Waals surface area contributed by atoms with Gasteiger partial charge >= 0.3 is 0 Å². The molecule has 0 N–H and O–H groups in total. The first kappa shape index (κ1) is 8.06. The highest BCUT2D eigenvalue weighted by Crippen LogP contribution is 2.35. The molecule has 1 nitrogen and oxygen atoms in total. The summed E-state index contributed by atoms with van der Waals surface area (Å²) in [6.07, 6.45) is 1.81. The van der Waals surface area contributed by atoms with Gasteiger partial charge in [-0.3, -0.25) is 0 Å². The summed E-state index contributed by atoms with van der Waals surface area (Å²) in [6.45, 7) is 10.2. The highest BCUT2D eigenvalue weighted by molar-refractivity contribution is 4.81. The summed E-state index contributed by atoms with van der Waals surface area (Å²) in [5, 5.41) is 0. The van der Waals surface area contributed by atoms with Gasteiger partial charge in [0.05, 0.1) is 12.7 Å². The normalized spacial score (nSPS) is 25.5. The Morgan fingerprint density at radius 1 is 1.50 bits per heavy atom. The molecule has 0 amide bonds. The molecule has 0 radical (unpaired) electrons. The first-order chi connectivity index (χ1) is 4.52. The maximum atomic E-state index is 5.19. The van der Waals surface area contributed by atoms with Crippen molar-refractivity contribution in [3.8, 4) is 0 Å². The number of epoxide rings is 1. The Morgan fingerprint density at radius 3 is 2.30 bits per heavy atom. The van der Waals surface area contributed by atoms with E-state index < -0.39 is 0 Å². The van der Waals surface area contributed by atoms with E-state index in [9.17, 15) is 0 Å².